The van der Waals surface area contributed by atoms with Gasteiger partial charge in [-0.2, -0.15) is 0 Å². The summed E-state index contributed by atoms with van der Waals surface area (Å²) in [5.74, 6) is 1.73. The van der Waals surface area contributed by atoms with Crippen LogP contribution in [0.2, 0.25) is 0 Å². The van der Waals surface area contributed by atoms with Crippen molar-refractivity contribution in [1.29, 1.82) is 0 Å². The molecule has 104 valence electrons. The zero-order valence-electron chi connectivity index (χ0n) is 12.6. The number of rotatable bonds is 3. The van der Waals surface area contributed by atoms with Crippen molar-refractivity contribution in [2.24, 2.45) is 17.3 Å². The molecular formula is C15H27NO2. The van der Waals surface area contributed by atoms with Crippen molar-refractivity contribution in [3.8, 4) is 0 Å². The van der Waals surface area contributed by atoms with Crippen molar-refractivity contribution in [2.45, 2.75) is 59.7 Å². The van der Waals surface area contributed by atoms with Gasteiger partial charge in [-0.15, -0.1) is 0 Å². The van der Waals surface area contributed by atoms with E-state index in [0.29, 0.717) is 11.8 Å². The Balaban J connectivity index is 1.77. The molecule has 2 rings (SSSR count). The molecule has 1 heterocycles. The molecule has 1 unspecified atom stereocenters. The lowest BCUT2D eigenvalue weighted by Gasteiger charge is -2.27. The number of likely N-dealkylation sites (tertiary alicyclic amines) is 1. The second-order valence-corrected chi connectivity index (χ2v) is 7.58. The highest BCUT2D eigenvalue weighted by atomic mass is 16.5. The number of fused-ring (bicyclic) bond motifs is 1. The summed E-state index contributed by atoms with van der Waals surface area (Å²) in [6.45, 7) is 14.6. The van der Waals surface area contributed by atoms with Crippen molar-refractivity contribution < 1.29 is 9.53 Å². The molecule has 0 radical (unpaired) electrons. The van der Waals surface area contributed by atoms with Gasteiger partial charge in [0.1, 0.15) is 0 Å². The first-order valence-electron chi connectivity index (χ1n) is 7.07. The molecule has 0 spiro atoms. The third-order valence-corrected chi connectivity index (χ3v) is 4.49. The van der Waals surface area contributed by atoms with Crippen LogP contribution in [-0.4, -0.2) is 35.6 Å². The Morgan fingerprint density at radius 3 is 2.28 bits per heavy atom. The molecule has 3 heteroatoms. The summed E-state index contributed by atoms with van der Waals surface area (Å²) in [6, 6.07) is 0. The molecule has 3 atom stereocenters. The van der Waals surface area contributed by atoms with Crippen molar-refractivity contribution in [3.63, 3.8) is 0 Å². The number of carbonyl (C=O) groups excluding carboxylic acids is 1. The lowest BCUT2D eigenvalue weighted by Crippen LogP contribution is -2.36. The molecule has 1 aliphatic heterocycles. The summed E-state index contributed by atoms with van der Waals surface area (Å²) in [6.07, 6.45) is 0.513. The topological polar surface area (TPSA) is 29.5 Å². The predicted molar refractivity (Wildman–Crippen MR) is 72.3 cm³/mol. The van der Waals surface area contributed by atoms with E-state index in [1.54, 1.807) is 0 Å². The maximum absolute atomic E-state index is 12.2. The summed E-state index contributed by atoms with van der Waals surface area (Å²) in [7, 11) is 0. The first kappa shape index (κ1) is 13.9. The number of hydrogen-bond donors (Lipinski definition) is 0. The van der Waals surface area contributed by atoms with E-state index in [1.807, 2.05) is 32.6 Å². The Bertz CT molecular complexity index is 329. The molecule has 1 amide bonds. The van der Waals surface area contributed by atoms with E-state index in [-0.39, 0.29) is 17.6 Å². The number of carbonyl (C=O) groups is 1. The van der Waals surface area contributed by atoms with E-state index in [0.717, 1.165) is 24.9 Å². The highest BCUT2D eigenvalue weighted by Gasteiger charge is 2.62. The van der Waals surface area contributed by atoms with Crippen LogP contribution in [0.4, 0.5) is 0 Å². The van der Waals surface area contributed by atoms with Gasteiger partial charge in [-0.1, -0.05) is 13.8 Å². The monoisotopic (exact) mass is 253 g/mol. The first-order valence-corrected chi connectivity index (χ1v) is 7.07. The highest BCUT2D eigenvalue weighted by Crippen LogP contribution is 2.61. The fourth-order valence-corrected chi connectivity index (χ4v) is 3.36. The van der Waals surface area contributed by atoms with Gasteiger partial charge in [-0.25, -0.2) is 0 Å². The van der Waals surface area contributed by atoms with Crippen LogP contribution in [0.1, 0.15) is 48.0 Å². The standard InChI is InChI=1S/C15H27NO2/c1-10(18-14(2,3)4)7-13(17)16-8-11-12(9-16)15(11,5)6/h10-12H,7-9H2,1-6H3/t10-,11-,12?/m1/s1. The Hall–Kier alpha value is -0.570. The van der Waals surface area contributed by atoms with Gasteiger partial charge in [0.2, 0.25) is 5.91 Å². The third-order valence-electron chi connectivity index (χ3n) is 4.49. The van der Waals surface area contributed by atoms with E-state index in [4.69, 9.17) is 4.74 Å². The van der Waals surface area contributed by atoms with E-state index >= 15 is 0 Å². The van der Waals surface area contributed by atoms with Crippen LogP contribution >= 0.6 is 0 Å². The molecule has 0 bridgehead atoms. The molecule has 0 aromatic rings. The Kier molecular flexibility index (Phi) is 3.25. The summed E-state index contributed by atoms with van der Waals surface area (Å²) >= 11 is 0. The fraction of sp³-hybridized carbons (Fsp3) is 0.933. The smallest absolute Gasteiger partial charge is 0.225 e. The maximum Gasteiger partial charge on any atom is 0.225 e. The minimum absolute atomic E-state index is 0.00226. The maximum atomic E-state index is 12.2. The molecule has 2 fully saturated rings. The number of hydrogen-bond acceptors (Lipinski definition) is 2. The normalized spacial score (nSPS) is 31.1. The molecule has 1 aliphatic carbocycles. The van der Waals surface area contributed by atoms with Crippen LogP contribution in [0.25, 0.3) is 0 Å². The van der Waals surface area contributed by atoms with Gasteiger partial charge >= 0.3 is 0 Å². The molecule has 0 aromatic carbocycles. The molecular weight excluding hydrogens is 226 g/mol. The average Bonchev–Trinajstić information content (AvgIpc) is 2.60. The van der Waals surface area contributed by atoms with E-state index in [2.05, 4.69) is 13.8 Å². The van der Waals surface area contributed by atoms with Crippen molar-refractivity contribution >= 4 is 5.91 Å². The first-order chi connectivity index (χ1) is 8.11. The Morgan fingerprint density at radius 2 is 1.83 bits per heavy atom. The lowest BCUT2D eigenvalue weighted by atomic mass is 10.1. The van der Waals surface area contributed by atoms with E-state index < -0.39 is 0 Å². The molecule has 1 saturated carbocycles. The van der Waals surface area contributed by atoms with Crippen LogP contribution in [0, 0.1) is 17.3 Å². The highest BCUT2D eigenvalue weighted by molar-refractivity contribution is 5.77. The molecule has 0 aromatic heterocycles. The van der Waals surface area contributed by atoms with Gasteiger partial charge in [0.05, 0.1) is 18.1 Å². The van der Waals surface area contributed by atoms with Gasteiger partial charge in [-0.3, -0.25) is 4.79 Å². The van der Waals surface area contributed by atoms with Crippen molar-refractivity contribution in [1.82, 2.24) is 4.90 Å². The van der Waals surface area contributed by atoms with Gasteiger partial charge < -0.3 is 9.64 Å². The fourth-order valence-electron chi connectivity index (χ4n) is 3.36. The van der Waals surface area contributed by atoms with Crippen LogP contribution in [0.3, 0.4) is 0 Å². The van der Waals surface area contributed by atoms with Crippen LogP contribution in [-0.2, 0) is 9.53 Å². The van der Waals surface area contributed by atoms with Crippen molar-refractivity contribution in [2.75, 3.05) is 13.1 Å². The van der Waals surface area contributed by atoms with Gasteiger partial charge in [-0.05, 0) is 44.9 Å². The zero-order valence-corrected chi connectivity index (χ0v) is 12.6. The molecule has 2 aliphatic rings. The minimum Gasteiger partial charge on any atom is -0.372 e. The van der Waals surface area contributed by atoms with Crippen LogP contribution in [0.5, 0.6) is 0 Å². The Morgan fingerprint density at radius 1 is 1.33 bits per heavy atom. The van der Waals surface area contributed by atoms with Crippen LogP contribution in [0.15, 0.2) is 0 Å². The van der Waals surface area contributed by atoms with Crippen LogP contribution < -0.4 is 0 Å². The second-order valence-electron chi connectivity index (χ2n) is 7.58. The lowest BCUT2D eigenvalue weighted by molar-refractivity contribution is -0.136. The summed E-state index contributed by atoms with van der Waals surface area (Å²) in [4.78, 5) is 14.2. The summed E-state index contributed by atoms with van der Waals surface area (Å²) in [5.41, 5.74) is 0.305. The average molecular weight is 253 g/mol. The number of nitrogens with zero attached hydrogens (tertiary/aromatic N) is 1. The number of amides is 1. The summed E-state index contributed by atoms with van der Waals surface area (Å²) < 4.78 is 5.80. The number of ether oxygens (including phenoxy) is 1. The molecule has 18 heavy (non-hydrogen) atoms. The van der Waals surface area contributed by atoms with Gasteiger partial charge in [0, 0.05) is 13.1 Å². The van der Waals surface area contributed by atoms with Crippen molar-refractivity contribution in [3.05, 3.63) is 0 Å². The third kappa shape index (κ3) is 2.71. The predicted octanol–water partition coefficient (Wildman–Crippen LogP) is 2.69. The molecule has 3 nitrogen and oxygen atoms in total. The largest absolute Gasteiger partial charge is 0.372 e. The quantitative estimate of drug-likeness (QED) is 0.774. The second kappa shape index (κ2) is 4.22. The minimum atomic E-state index is -0.172. The van der Waals surface area contributed by atoms with E-state index in [1.165, 1.54) is 0 Å². The van der Waals surface area contributed by atoms with E-state index in [9.17, 15) is 4.79 Å². The zero-order chi connectivity index (χ0) is 13.7. The molecule has 1 saturated heterocycles. The van der Waals surface area contributed by atoms with Gasteiger partial charge in [0.15, 0.2) is 0 Å². The SMILES string of the molecule is C[C@H](CC(=O)N1CC2[C@@H](C1)C2(C)C)OC(C)(C)C. The van der Waals surface area contributed by atoms with Gasteiger partial charge in [0.25, 0.3) is 0 Å². The number of piperidine rings is 1. The molecule has 0 N–H and O–H groups in total. The Labute approximate surface area is 111 Å². The summed E-state index contributed by atoms with van der Waals surface area (Å²) in [5, 5.41) is 0.